The van der Waals surface area contributed by atoms with Crippen molar-refractivity contribution in [2.45, 2.75) is 37.9 Å². The second kappa shape index (κ2) is 14.4. The van der Waals surface area contributed by atoms with E-state index in [2.05, 4.69) is 13.2 Å². The van der Waals surface area contributed by atoms with E-state index < -0.39 is 11.9 Å². The highest BCUT2D eigenvalue weighted by atomic mass is 16.7. The fourth-order valence-corrected chi connectivity index (χ4v) is 6.33. The summed E-state index contributed by atoms with van der Waals surface area (Å²) in [5, 5.41) is 3.39. The summed E-state index contributed by atoms with van der Waals surface area (Å²) in [5.41, 5.74) is 0.901. The maximum absolute atomic E-state index is 13.2. The Morgan fingerprint density at radius 3 is 1.38 bits per heavy atom. The van der Waals surface area contributed by atoms with Gasteiger partial charge in [-0.05, 0) is 108 Å². The molecule has 3 fully saturated rings. The van der Waals surface area contributed by atoms with Crippen molar-refractivity contribution >= 4 is 45.4 Å². The lowest BCUT2D eigenvalue weighted by Gasteiger charge is -2.45. The Morgan fingerprint density at radius 1 is 0.583 bits per heavy atom. The van der Waals surface area contributed by atoms with E-state index >= 15 is 0 Å². The summed E-state index contributed by atoms with van der Waals surface area (Å²) < 4.78 is 32.6. The maximum atomic E-state index is 13.2. The second-order valence-electron chi connectivity index (χ2n) is 11.8. The number of hydrogen-bond donors (Lipinski definition) is 0. The number of rotatable bonds is 12. The minimum atomic E-state index is -0.571. The van der Waals surface area contributed by atoms with Crippen LogP contribution in [0.3, 0.4) is 0 Å². The molecule has 0 amide bonds. The molecule has 7 rings (SSSR count). The second-order valence-corrected chi connectivity index (χ2v) is 11.8. The Kier molecular flexibility index (Phi) is 9.70. The number of fused-ring (bicyclic) bond motifs is 5. The first-order valence-electron chi connectivity index (χ1n) is 15.6. The molecule has 10 heteroatoms. The summed E-state index contributed by atoms with van der Waals surface area (Å²) in [7, 11) is 0. The third kappa shape index (κ3) is 7.49. The predicted octanol–water partition coefficient (Wildman–Crippen LogP) is 6.70. The lowest BCUT2D eigenvalue weighted by Crippen LogP contribution is -2.47. The van der Waals surface area contributed by atoms with Crippen molar-refractivity contribution in [1.29, 1.82) is 0 Å². The molecule has 48 heavy (non-hydrogen) atoms. The Balaban J connectivity index is 1.02. The predicted molar refractivity (Wildman–Crippen MR) is 175 cm³/mol. The summed E-state index contributed by atoms with van der Waals surface area (Å²) >= 11 is 0. The quantitative estimate of drug-likeness (QED) is 0.0709. The first-order chi connectivity index (χ1) is 23.3. The van der Waals surface area contributed by atoms with Gasteiger partial charge in [-0.3, -0.25) is 0 Å². The molecule has 4 atom stereocenters. The molecule has 0 heterocycles. The lowest BCUT2D eigenvalue weighted by atomic mass is 9.67. The molecule has 4 aromatic rings. The van der Waals surface area contributed by atoms with Gasteiger partial charge in [0.2, 0.25) is 13.6 Å². The maximum Gasteiger partial charge on any atom is 0.338 e. The van der Waals surface area contributed by atoms with Crippen molar-refractivity contribution in [2.75, 3.05) is 13.6 Å². The van der Waals surface area contributed by atoms with Crippen LogP contribution in [0.4, 0.5) is 0 Å². The zero-order chi connectivity index (χ0) is 33.6. The van der Waals surface area contributed by atoms with E-state index in [4.69, 9.17) is 28.4 Å². The number of benzene rings is 4. The van der Waals surface area contributed by atoms with E-state index in [9.17, 15) is 19.2 Å². The molecule has 0 spiro atoms. The fraction of sp³-hybridized carbons (Fsp3) is 0.263. The molecule has 4 unspecified atom stereocenters. The monoisotopic (exact) mass is 650 g/mol. The summed E-state index contributed by atoms with van der Waals surface area (Å²) in [6.07, 6.45) is 4.74. The zero-order valence-electron chi connectivity index (χ0n) is 26.1. The molecule has 0 aromatic heterocycles. The Morgan fingerprint density at radius 2 is 0.979 bits per heavy atom. The van der Waals surface area contributed by atoms with Gasteiger partial charge in [0.15, 0.2) is 0 Å². The van der Waals surface area contributed by atoms with E-state index in [1.165, 1.54) is 0 Å². The third-order valence-electron chi connectivity index (χ3n) is 8.83. The van der Waals surface area contributed by atoms with Crippen LogP contribution in [0.15, 0.2) is 98.1 Å². The molecule has 2 bridgehead atoms. The van der Waals surface area contributed by atoms with Crippen LogP contribution in [-0.2, 0) is 28.5 Å². The fourth-order valence-electron chi connectivity index (χ4n) is 6.33. The summed E-state index contributed by atoms with van der Waals surface area (Å²) in [5.74, 6) is -0.660. The lowest BCUT2D eigenvalue weighted by molar-refractivity contribution is -0.145. The van der Waals surface area contributed by atoms with Gasteiger partial charge < -0.3 is 28.4 Å². The molecular weight excluding hydrogens is 616 g/mol. The van der Waals surface area contributed by atoms with E-state index in [0.717, 1.165) is 46.5 Å². The van der Waals surface area contributed by atoms with Gasteiger partial charge in [-0.2, -0.15) is 0 Å². The first kappa shape index (κ1) is 32.3. The standard InChI is InChI=1S/C38H34O10/c1-3-35(39)45-21-43-31-13-11-23-15-29(9-5-25(23)17-31)37(41)47-33-19-28-8-7-27(33)20-34(28)48-38(42)30-10-6-26-18-32(14-12-24(26)16-30)44-22-46-36(40)4-2/h3-6,9-18,27-28,33-34H,1-2,7-8,19-22H2. The Labute approximate surface area is 276 Å². The van der Waals surface area contributed by atoms with Crippen molar-refractivity contribution < 1.29 is 47.6 Å². The molecule has 10 nitrogen and oxygen atoms in total. The molecule has 3 aliphatic carbocycles. The summed E-state index contributed by atoms with van der Waals surface area (Å²) in [6, 6.07) is 21.4. The third-order valence-corrected chi connectivity index (χ3v) is 8.83. The van der Waals surface area contributed by atoms with Crippen LogP contribution in [0.1, 0.15) is 46.4 Å². The first-order valence-corrected chi connectivity index (χ1v) is 15.6. The van der Waals surface area contributed by atoms with Gasteiger partial charge in [0.05, 0.1) is 11.1 Å². The van der Waals surface area contributed by atoms with E-state index in [0.29, 0.717) is 35.5 Å². The van der Waals surface area contributed by atoms with Crippen LogP contribution in [0.5, 0.6) is 11.5 Å². The molecule has 0 radical (unpaired) electrons. The minimum absolute atomic E-state index is 0.105. The van der Waals surface area contributed by atoms with Gasteiger partial charge in [0.25, 0.3) is 0 Å². The van der Waals surface area contributed by atoms with Gasteiger partial charge in [0, 0.05) is 12.2 Å². The van der Waals surface area contributed by atoms with Gasteiger partial charge in [-0.25, -0.2) is 19.2 Å². The van der Waals surface area contributed by atoms with E-state index in [1.54, 1.807) is 48.5 Å². The van der Waals surface area contributed by atoms with Gasteiger partial charge >= 0.3 is 23.9 Å². The van der Waals surface area contributed by atoms with Gasteiger partial charge in [-0.15, -0.1) is 0 Å². The number of esters is 4. The van der Waals surface area contributed by atoms with Crippen LogP contribution in [-0.4, -0.2) is 49.7 Å². The van der Waals surface area contributed by atoms with Crippen LogP contribution in [0, 0.1) is 11.8 Å². The largest absolute Gasteiger partial charge is 0.458 e. The van der Waals surface area contributed by atoms with Gasteiger partial charge in [-0.1, -0.05) is 37.4 Å². The van der Waals surface area contributed by atoms with Crippen LogP contribution in [0.2, 0.25) is 0 Å². The molecule has 0 aliphatic heterocycles. The van der Waals surface area contributed by atoms with Crippen molar-refractivity contribution in [3.63, 3.8) is 0 Å². The van der Waals surface area contributed by atoms with E-state index in [-0.39, 0.29) is 49.6 Å². The molecule has 0 saturated heterocycles. The highest BCUT2D eigenvalue weighted by molar-refractivity contribution is 5.97. The SMILES string of the molecule is C=CC(=O)OCOc1ccc2cc(C(=O)OC3CC4CCC3CC4OC(=O)c3ccc4cc(OCOC(=O)C=C)ccc4c3)ccc2c1. The Hall–Kier alpha value is -5.64. The van der Waals surface area contributed by atoms with Gasteiger partial charge in [0.1, 0.15) is 23.7 Å². The highest BCUT2D eigenvalue weighted by Gasteiger charge is 2.45. The Bertz CT molecular complexity index is 1760. The number of carbonyl (C=O) groups excluding carboxylic acids is 4. The van der Waals surface area contributed by atoms with Crippen molar-refractivity contribution in [3.05, 3.63) is 109 Å². The minimum Gasteiger partial charge on any atom is -0.458 e. The number of hydrogen-bond acceptors (Lipinski definition) is 10. The summed E-state index contributed by atoms with van der Waals surface area (Å²) in [6.45, 7) is 6.22. The molecule has 3 saturated carbocycles. The van der Waals surface area contributed by atoms with Crippen molar-refractivity contribution in [2.24, 2.45) is 11.8 Å². The van der Waals surface area contributed by atoms with E-state index in [1.807, 2.05) is 24.3 Å². The van der Waals surface area contributed by atoms with Crippen LogP contribution >= 0.6 is 0 Å². The molecule has 4 aromatic carbocycles. The average molecular weight is 651 g/mol. The number of ether oxygens (including phenoxy) is 6. The van der Waals surface area contributed by atoms with Crippen molar-refractivity contribution in [3.8, 4) is 11.5 Å². The molecule has 246 valence electrons. The molecule has 3 aliphatic rings. The van der Waals surface area contributed by atoms with Crippen LogP contribution in [0.25, 0.3) is 21.5 Å². The highest BCUT2D eigenvalue weighted by Crippen LogP contribution is 2.45. The smallest absolute Gasteiger partial charge is 0.338 e. The average Bonchev–Trinajstić information content (AvgIpc) is 3.11. The topological polar surface area (TPSA) is 124 Å². The van der Waals surface area contributed by atoms with Crippen molar-refractivity contribution in [1.82, 2.24) is 0 Å². The van der Waals surface area contributed by atoms with Crippen LogP contribution < -0.4 is 9.47 Å². The zero-order valence-corrected chi connectivity index (χ0v) is 26.1. The number of carbonyl (C=O) groups is 4. The molecular formula is C38H34O10. The normalized spacial score (nSPS) is 19.6. The molecule has 0 N–H and O–H groups in total. The summed E-state index contributed by atoms with van der Waals surface area (Å²) in [4.78, 5) is 48.8.